The fourth-order valence-electron chi connectivity index (χ4n) is 2.54. The first-order valence-corrected chi connectivity index (χ1v) is 10.7. The number of halogens is 1. The minimum Gasteiger partial charge on any atom is -0.465 e. The van der Waals surface area contributed by atoms with Gasteiger partial charge in [0.1, 0.15) is 0 Å². The van der Waals surface area contributed by atoms with Crippen LogP contribution in [0.1, 0.15) is 23.2 Å². The lowest BCUT2D eigenvalue weighted by Gasteiger charge is -2.22. The zero-order chi connectivity index (χ0) is 20.7. The van der Waals surface area contributed by atoms with Gasteiger partial charge in [-0.25, -0.2) is 13.2 Å². The quantitative estimate of drug-likeness (QED) is 0.656. The van der Waals surface area contributed by atoms with Gasteiger partial charge in [-0.05, 0) is 36.8 Å². The first-order valence-electron chi connectivity index (χ1n) is 8.43. The molecule has 2 rings (SSSR count). The highest BCUT2D eigenvalue weighted by molar-refractivity contribution is 7.92. The van der Waals surface area contributed by atoms with Crippen LogP contribution < -0.4 is 9.62 Å². The lowest BCUT2D eigenvalue weighted by atomic mass is 10.2. The molecule has 0 aliphatic carbocycles. The van der Waals surface area contributed by atoms with Crippen LogP contribution in [0, 0.1) is 0 Å². The van der Waals surface area contributed by atoms with Crippen LogP contribution in [0.5, 0.6) is 0 Å². The van der Waals surface area contributed by atoms with Gasteiger partial charge in [-0.1, -0.05) is 29.8 Å². The lowest BCUT2D eigenvalue weighted by Crippen LogP contribution is -2.31. The molecule has 7 nitrogen and oxygen atoms in total. The normalized spacial score (nSPS) is 11.0. The Morgan fingerprint density at radius 3 is 2.43 bits per heavy atom. The Morgan fingerprint density at radius 1 is 1.14 bits per heavy atom. The van der Waals surface area contributed by atoms with Crippen LogP contribution in [-0.2, 0) is 19.6 Å². The highest BCUT2D eigenvalue weighted by Gasteiger charge is 2.17. The summed E-state index contributed by atoms with van der Waals surface area (Å²) in [5.41, 5.74) is 1.09. The Bertz CT molecular complexity index is 948. The molecule has 28 heavy (non-hydrogen) atoms. The van der Waals surface area contributed by atoms with Crippen molar-refractivity contribution in [2.24, 2.45) is 0 Å². The number of amides is 1. The Hall–Kier alpha value is -2.58. The third kappa shape index (κ3) is 5.97. The van der Waals surface area contributed by atoms with Crippen LogP contribution in [0.4, 0.5) is 11.4 Å². The van der Waals surface area contributed by atoms with Crippen LogP contribution in [0.15, 0.2) is 48.5 Å². The molecule has 0 saturated heterocycles. The minimum absolute atomic E-state index is 0.0810. The van der Waals surface area contributed by atoms with E-state index >= 15 is 0 Å². The predicted octanol–water partition coefficient (Wildman–Crippen LogP) is 3.31. The van der Waals surface area contributed by atoms with Gasteiger partial charge in [0.15, 0.2) is 0 Å². The van der Waals surface area contributed by atoms with E-state index in [9.17, 15) is 18.0 Å². The zero-order valence-electron chi connectivity index (χ0n) is 15.5. The first kappa shape index (κ1) is 21.7. The van der Waals surface area contributed by atoms with E-state index in [0.29, 0.717) is 12.1 Å². The van der Waals surface area contributed by atoms with Gasteiger partial charge in [-0.15, -0.1) is 0 Å². The third-order valence-electron chi connectivity index (χ3n) is 3.87. The van der Waals surface area contributed by atoms with Crippen molar-refractivity contribution in [3.05, 3.63) is 59.1 Å². The number of esters is 1. The lowest BCUT2D eigenvalue weighted by molar-refractivity contribution is -0.116. The summed E-state index contributed by atoms with van der Waals surface area (Å²) in [5, 5.41) is 2.92. The average molecular weight is 425 g/mol. The Kier molecular flexibility index (Phi) is 7.42. The number of ether oxygens (including phenoxy) is 1. The van der Waals surface area contributed by atoms with E-state index in [-0.39, 0.29) is 35.1 Å². The number of methoxy groups -OCH3 is 1. The molecular weight excluding hydrogens is 404 g/mol. The van der Waals surface area contributed by atoms with Crippen molar-refractivity contribution < 1.29 is 22.7 Å². The third-order valence-corrected chi connectivity index (χ3v) is 5.39. The van der Waals surface area contributed by atoms with Gasteiger partial charge in [0.05, 0.1) is 35.3 Å². The maximum absolute atomic E-state index is 12.2. The monoisotopic (exact) mass is 424 g/mol. The molecule has 0 aliphatic heterocycles. The summed E-state index contributed by atoms with van der Waals surface area (Å²) < 4.78 is 30.0. The van der Waals surface area contributed by atoms with Crippen LogP contribution in [-0.4, -0.2) is 40.2 Å². The number of carbonyl (C=O) groups is 2. The molecule has 2 aromatic rings. The molecular formula is C19H21ClN2O5S. The number of benzene rings is 2. The fourth-order valence-corrected chi connectivity index (χ4v) is 3.67. The largest absolute Gasteiger partial charge is 0.465 e. The molecule has 0 saturated carbocycles. The zero-order valence-corrected chi connectivity index (χ0v) is 17.1. The average Bonchev–Trinajstić information content (AvgIpc) is 2.66. The highest BCUT2D eigenvalue weighted by Crippen LogP contribution is 2.24. The van der Waals surface area contributed by atoms with Crippen molar-refractivity contribution in [1.82, 2.24) is 0 Å². The predicted molar refractivity (Wildman–Crippen MR) is 109 cm³/mol. The standard InChI is InChI=1S/C19H21ClN2O5S/c1-27-19(24)14-10-11-16(20)17(13-14)21-18(23)9-6-12-22(28(2,25)26)15-7-4-3-5-8-15/h3-5,7-8,10-11,13H,6,9,12H2,1-2H3,(H,21,23). The minimum atomic E-state index is -3.47. The van der Waals surface area contributed by atoms with Gasteiger partial charge in [-0.2, -0.15) is 0 Å². The SMILES string of the molecule is COC(=O)c1ccc(Cl)c(NC(=O)CCCN(c2ccccc2)S(C)(=O)=O)c1. The molecule has 0 unspecified atom stereocenters. The number of carbonyl (C=O) groups excluding carboxylic acids is 2. The van der Waals surface area contributed by atoms with E-state index in [1.54, 1.807) is 30.3 Å². The number of rotatable bonds is 8. The Labute approximate surface area is 169 Å². The van der Waals surface area contributed by atoms with E-state index in [4.69, 9.17) is 11.6 Å². The number of hydrogen-bond acceptors (Lipinski definition) is 5. The maximum Gasteiger partial charge on any atom is 0.337 e. The van der Waals surface area contributed by atoms with Crippen molar-refractivity contribution in [3.8, 4) is 0 Å². The smallest absolute Gasteiger partial charge is 0.337 e. The molecule has 0 radical (unpaired) electrons. The molecule has 150 valence electrons. The van der Waals surface area contributed by atoms with E-state index in [2.05, 4.69) is 10.1 Å². The summed E-state index contributed by atoms with van der Waals surface area (Å²) in [7, 11) is -2.21. The number of nitrogens with one attached hydrogen (secondary N) is 1. The topological polar surface area (TPSA) is 92.8 Å². The summed E-state index contributed by atoms with van der Waals surface area (Å²) >= 11 is 6.06. The van der Waals surface area contributed by atoms with Crippen LogP contribution in [0.3, 0.4) is 0 Å². The number of hydrogen-bond donors (Lipinski definition) is 1. The van der Waals surface area contributed by atoms with Crippen LogP contribution >= 0.6 is 11.6 Å². The number of para-hydroxylation sites is 1. The van der Waals surface area contributed by atoms with Crippen molar-refractivity contribution in [2.45, 2.75) is 12.8 Å². The molecule has 0 aliphatic rings. The summed E-state index contributed by atoms with van der Waals surface area (Å²) in [6, 6.07) is 13.1. The number of anilines is 2. The highest BCUT2D eigenvalue weighted by atomic mass is 35.5. The molecule has 0 aromatic heterocycles. The summed E-state index contributed by atoms with van der Waals surface area (Å²) in [5.74, 6) is -0.885. The summed E-state index contributed by atoms with van der Waals surface area (Å²) in [4.78, 5) is 23.8. The molecule has 0 fully saturated rings. The van der Waals surface area contributed by atoms with Gasteiger partial charge in [0, 0.05) is 13.0 Å². The van der Waals surface area contributed by atoms with Crippen molar-refractivity contribution in [2.75, 3.05) is 29.5 Å². The van der Waals surface area contributed by atoms with Gasteiger partial charge >= 0.3 is 5.97 Å². The number of sulfonamides is 1. The maximum atomic E-state index is 12.2. The van der Waals surface area contributed by atoms with Gasteiger partial charge < -0.3 is 10.1 Å². The van der Waals surface area contributed by atoms with Crippen LogP contribution in [0.2, 0.25) is 5.02 Å². The van der Waals surface area contributed by atoms with Crippen molar-refractivity contribution >= 4 is 44.9 Å². The Morgan fingerprint density at radius 2 is 1.82 bits per heavy atom. The van der Waals surface area contributed by atoms with Gasteiger partial charge in [0.2, 0.25) is 15.9 Å². The van der Waals surface area contributed by atoms with Crippen LogP contribution in [0.25, 0.3) is 0 Å². The summed E-state index contributed by atoms with van der Waals surface area (Å²) in [6.07, 6.45) is 1.51. The molecule has 0 atom stereocenters. The number of nitrogens with zero attached hydrogens (tertiary/aromatic N) is 1. The second-order valence-electron chi connectivity index (χ2n) is 6.01. The molecule has 0 spiro atoms. The fraction of sp³-hybridized carbons (Fsp3) is 0.263. The molecule has 0 heterocycles. The molecule has 1 amide bonds. The van der Waals surface area contributed by atoms with Crippen molar-refractivity contribution in [1.29, 1.82) is 0 Å². The molecule has 9 heteroatoms. The molecule has 1 N–H and O–H groups in total. The van der Waals surface area contributed by atoms with E-state index in [0.717, 1.165) is 6.26 Å². The van der Waals surface area contributed by atoms with Gasteiger partial charge in [-0.3, -0.25) is 9.10 Å². The van der Waals surface area contributed by atoms with Gasteiger partial charge in [0.25, 0.3) is 0 Å². The first-order chi connectivity index (χ1) is 13.2. The molecule has 2 aromatic carbocycles. The van der Waals surface area contributed by atoms with E-state index < -0.39 is 16.0 Å². The Balaban J connectivity index is 1.99. The van der Waals surface area contributed by atoms with E-state index in [1.165, 1.54) is 29.6 Å². The van der Waals surface area contributed by atoms with Crippen molar-refractivity contribution in [3.63, 3.8) is 0 Å². The molecule has 0 bridgehead atoms. The second-order valence-corrected chi connectivity index (χ2v) is 8.32. The van der Waals surface area contributed by atoms with E-state index in [1.807, 2.05) is 0 Å². The summed E-state index contributed by atoms with van der Waals surface area (Å²) in [6.45, 7) is 0.159. The second kappa shape index (κ2) is 9.57.